The van der Waals surface area contributed by atoms with Crippen LogP contribution in [0, 0.1) is 11.3 Å². The Morgan fingerprint density at radius 2 is 2.00 bits per heavy atom. The van der Waals surface area contributed by atoms with Crippen molar-refractivity contribution in [3.63, 3.8) is 0 Å². The van der Waals surface area contributed by atoms with Gasteiger partial charge >= 0.3 is 0 Å². The zero-order valence-corrected chi connectivity index (χ0v) is 7.99. The lowest BCUT2D eigenvalue weighted by molar-refractivity contribution is -0.132. The van der Waals surface area contributed by atoms with Gasteiger partial charge in [0.05, 0.1) is 12.6 Å². The fourth-order valence-electron chi connectivity index (χ4n) is 1.48. The third-order valence-corrected chi connectivity index (χ3v) is 2.32. The molecule has 72 valence electrons. The highest BCUT2D eigenvalue weighted by Crippen LogP contribution is 2.02. The molecule has 0 aliphatic carbocycles. The number of carbonyl (C=O) groups excluding carboxylic acids is 1. The van der Waals surface area contributed by atoms with E-state index in [1.54, 1.807) is 0 Å². The van der Waals surface area contributed by atoms with Gasteiger partial charge in [0.25, 0.3) is 0 Å². The molecule has 0 bridgehead atoms. The second-order valence-electron chi connectivity index (χ2n) is 3.17. The van der Waals surface area contributed by atoms with Crippen molar-refractivity contribution >= 4 is 5.91 Å². The van der Waals surface area contributed by atoms with Gasteiger partial charge in [0.2, 0.25) is 5.91 Å². The van der Waals surface area contributed by atoms with Gasteiger partial charge in [-0.1, -0.05) is 6.92 Å². The Hall–Kier alpha value is -1.08. The van der Waals surface area contributed by atoms with E-state index in [2.05, 4.69) is 11.0 Å². The zero-order valence-electron chi connectivity index (χ0n) is 7.99. The lowest BCUT2D eigenvalue weighted by Crippen LogP contribution is -2.48. The van der Waals surface area contributed by atoms with Gasteiger partial charge in [-0.05, 0) is 0 Å². The van der Waals surface area contributed by atoms with Gasteiger partial charge in [0.15, 0.2) is 0 Å². The van der Waals surface area contributed by atoms with E-state index < -0.39 is 0 Å². The second kappa shape index (κ2) is 4.83. The minimum Gasteiger partial charge on any atom is -0.340 e. The minimum atomic E-state index is 0.219. The largest absolute Gasteiger partial charge is 0.340 e. The molecule has 0 N–H and O–H groups in total. The van der Waals surface area contributed by atoms with Crippen LogP contribution in [0.15, 0.2) is 0 Å². The van der Waals surface area contributed by atoms with Crippen LogP contribution in [0.5, 0.6) is 0 Å². The molecular weight excluding hydrogens is 166 g/mol. The summed E-state index contributed by atoms with van der Waals surface area (Å²) in [5.74, 6) is 0.219. The first-order valence-corrected chi connectivity index (χ1v) is 4.65. The molecule has 0 unspecified atom stereocenters. The summed E-state index contributed by atoms with van der Waals surface area (Å²) in [6.45, 7) is 5.57. The quantitative estimate of drug-likeness (QED) is 0.566. The van der Waals surface area contributed by atoms with Crippen molar-refractivity contribution in [1.29, 1.82) is 5.26 Å². The summed E-state index contributed by atoms with van der Waals surface area (Å²) < 4.78 is 0. The number of nitriles is 1. The average molecular weight is 181 g/mol. The smallest absolute Gasteiger partial charge is 0.222 e. The summed E-state index contributed by atoms with van der Waals surface area (Å²) in [6, 6.07) is 2.12. The van der Waals surface area contributed by atoms with Crippen LogP contribution >= 0.6 is 0 Å². The van der Waals surface area contributed by atoms with Crippen molar-refractivity contribution in [2.45, 2.75) is 13.3 Å². The topological polar surface area (TPSA) is 47.3 Å². The molecule has 1 aliphatic rings. The summed E-state index contributed by atoms with van der Waals surface area (Å²) in [4.78, 5) is 15.2. The van der Waals surface area contributed by atoms with Crippen molar-refractivity contribution in [2.24, 2.45) is 0 Å². The normalized spacial score (nSPS) is 18.3. The Balaban J connectivity index is 2.31. The predicted octanol–water partition coefficient (Wildman–Crippen LogP) is 0.0642. The Morgan fingerprint density at radius 1 is 1.38 bits per heavy atom. The van der Waals surface area contributed by atoms with E-state index in [0.717, 1.165) is 26.2 Å². The molecule has 0 spiro atoms. The number of carbonyl (C=O) groups is 1. The lowest BCUT2D eigenvalue weighted by atomic mass is 10.3. The SMILES string of the molecule is CCC(=O)N1CCN(CC#N)CC1. The number of rotatable bonds is 2. The molecule has 13 heavy (non-hydrogen) atoms. The van der Waals surface area contributed by atoms with Gasteiger partial charge in [0, 0.05) is 32.6 Å². The maximum absolute atomic E-state index is 11.3. The van der Waals surface area contributed by atoms with Crippen molar-refractivity contribution in [1.82, 2.24) is 9.80 Å². The first kappa shape index (κ1) is 10.0. The lowest BCUT2D eigenvalue weighted by Gasteiger charge is -2.33. The van der Waals surface area contributed by atoms with Crippen molar-refractivity contribution < 1.29 is 4.79 Å². The molecule has 0 atom stereocenters. The molecule has 0 aromatic rings. The van der Waals surface area contributed by atoms with Gasteiger partial charge in [-0.15, -0.1) is 0 Å². The van der Waals surface area contributed by atoms with Crippen LogP contribution in [0.3, 0.4) is 0 Å². The van der Waals surface area contributed by atoms with Gasteiger partial charge in [-0.25, -0.2) is 0 Å². The number of hydrogen-bond acceptors (Lipinski definition) is 3. The number of piperazine rings is 1. The van der Waals surface area contributed by atoms with Gasteiger partial charge < -0.3 is 4.90 Å². The zero-order chi connectivity index (χ0) is 9.68. The summed E-state index contributed by atoms with van der Waals surface area (Å²) in [6.07, 6.45) is 0.582. The molecule has 1 aliphatic heterocycles. The molecule has 4 heteroatoms. The number of amides is 1. The average Bonchev–Trinajstić information content (AvgIpc) is 2.18. The van der Waals surface area contributed by atoms with E-state index in [1.165, 1.54) is 0 Å². The summed E-state index contributed by atoms with van der Waals surface area (Å²) in [7, 11) is 0. The van der Waals surface area contributed by atoms with Crippen LogP contribution in [0.25, 0.3) is 0 Å². The maximum Gasteiger partial charge on any atom is 0.222 e. The van der Waals surface area contributed by atoms with E-state index in [4.69, 9.17) is 5.26 Å². The van der Waals surface area contributed by atoms with Crippen LogP contribution in [-0.2, 0) is 4.79 Å². The highest BCUT2D eigenvalue weighted by molar-refractivity contribution is 5.75. The molecular formula is C9H15N3O. The number of nitrogens with zero attached hydrogens (tertiary/aromatic N) is 3. The third kappa shape index (κ3) is 2.71. The first-order chi connectivity index (χ1) is 6.27. The monoisotopic (exact) mass is 181 g/mol. The molecule has 1 fully saturated rings. The predicted molar refractivity (Wildman–Crippen MR) is 48.9 cm³/mol. The van der Waals surface area contributed by atoms with Crippen molar-refractivity contribution in [3.8, 4) is 6.07 Å². The molecule has 1 saturated heterocycles. The molecule has 4 nitrogen and oxygen atoms in total. The maximum atomic E-state index is 11.3. The van der Waals surface area contributed by atoms with Crippen LogP contribution < -0.4 is 0 Å². The molecule has 0 radical (unpaired) electrons. The van der Waals surface area contributed by atoms with E-state index in [-0.39, 0.29) is 5.91 Å². The van der Waals surface area contributed by atoms with Crippen LogP contribution in [0.4, 0.5) is 0 Å². The second-order valence-corrected chi connectivity index (χ2v) is 3.17. The van der Waals surface area contributed by atoms with Crippen molar-refractivity contribution in [3.05, 3.63) is 0 Å². The summed E-state index contributed by atoms with van der Waals surface area (Å²) in [5, 5.41) is 8.47. The fourth-order valence-corrected chi connectivity index (χ4v) is 1.48. The molecule has 1 heterocycles. The van der Waals surface area contributed by atoms with E-state index in [1.807, 2.05) is 11.8 Å². The molecule has 0 aromatic heterocycles. The Kier molecular flexibility index (Phi) is 3.71. The highest BCUT2D eigenvalue weighted by Gasteiger charge is 2.18. The molecule has 1 amide bonds. The van der Waals surface area contributed by atoms with E-state index >= 15 is 0 Å². The Morgan fingerprint density at radius 3 is 2.46 bits per heavy atom. The van der Waals surface area contributed by atoms with Gasteiger partial charge in [-0.2, -0.15) is 5.26 Å². The summed E-state index contributed by atoms with van der Waals surface area (Å²) in [5.41, 5.74) is 0. The Bertz CT molecular complexity index is 213. The van der Waals surface area contributed by atoms with Crippen LogP contribution in [0.1, 0.15) is 13.3 Å². The Labute approximate surface area is 78.7 Å². The minimum absolute atomic E-state index is 0.219. The van der Waals surface area contributed by atoms with Crippen LogP contribution in [0.2, 0.25) is 0 Å². The van der Waals surface area contributed by atoms with Gasteiger partial charge in [-0.3, -0.25) is 9.69 Å². The molecule has 0 saturated carbocycles. The number of hydrogen-bond donors (Lipinski definition) is 0. The highest BCUT2D eigenvalue weighted by atomic mass is 16.2. The third-order valence-electron chi connectivity index (χ3n) is 2.32. The standard InChI is InChI=1S/C9H15N3O/c1-2-9(13)12-7-5-11(4-3-10)6-8-12/h2,4-8H2,1H3. The van der Waals surface area contributed by atoms with E-state index in [0.29, 0.717) is 13.0 Å². The molecule has 0 aromatic carbocycles. The summed E-state index contributed by atoms with van der Waals surface area (Å²) >= 11 is 0. The van der Waals surface area contributed by atoms with Crippen LogP contribution in [-0.4, -0.2) is 48.4 Å². The fraction of sp³-hybridized carbons (Fsp3) is 0.778. The van der Waals surface area contributed by atoms with Gasteiger partial charge in [0.1, 0.15) is 0 Å². The van der Waals surface area contributed by atoms with E-state index in [9.17, 15) is 4.79 Å². The van der Waals surface area contributed by atoms with Crippen molar-refractivity contribution in [2.75, 3.05) is 32.7 Å². The first-order valence-electron chi connectivity index (χ1n) is 4.65. The molecule has 1 rings (SSSR count).